The van der Waals surface area contributed by atoms with Crippen molar-refractivity contribution in [3.8, 4) is 0 Å². The molecule has 0 radical (unpaired) electrons. The summed E-state index contributed by atoms with van der Waals surface area (Å²) >= 11 is 0. The van der Waals surface area contributed by atoms with Crippen molar-refractivity contribution in [2.24, 2.45) is 0 Å². The van der Waals surface area contributed by atoms with Crippen molar-refractivity contribution in [1.29, 1.82) is 0 Å². The first-order chi connectivity index (χ1) is 16.0. The quantitative estimate of drug-likeness (QED) is 0.0742. The van der Waals surface area contributed by atoms with Crippen molar-refractivity contribution >= 4 is 5.97 Å². The molecule has 0 aromatic carbocycles. The molecule has 0 aliphatic carbocycles. The molecule has 3 heteroatoms. The highest BCUT2D eigenvalue weighted by Gasteiger charge is 2.46. The molecule has 1 unspecified atom stereocenters. The van der Waals surface area contributed by atoms with Crippen molar-refractivity contribution < 1.29 is 14.3 Å². The molecule has 1 rings (SSSR count). The van der Waals surface area contributed by atoms with E-state index in [-0.39, 0.29) is 11.6 Å². The second-order valence-corrected chi connectivity index (χ2v) is 10.6. The minimum absolute atomic E-state index is 0.112. The number of carbonyl (C=O) groups is 1. The SMILES string of the molecule is COC(=O)/C(=C\CC/C(C)=C/CC/C=C(\C)CC/C=C(\C)CCC1OC1(C)C)CCC=C(C)C. The summed E-state index contributed by atoms with van der Waals surface area (Å²) in [7, 11) is 1.46. The molecule has 0 amide bonds. The van der Waals surface area contributed by atoms with Crippen LogP contribution in [0.3, 0.4) is 0 Å². The van der Waals surface area contributed by atoms with E-state index in [4.69, 9.17) is 9.47 Å². The zero-order valence-electron chi connectivity index (χ0n) is 23.3. The molecule has 0 bridgehead atoms. The molecule has 0 N–H and O–H groups in total. The number of methoxy groups -OCH3 is 1. The summed E-state index contributed by atoms with van der Waals surface area (Å²) in [6, 6.07) is 0. The molecule has 1 atom stereocenters. The summed E-state index contributed by atoms with van der Waals surface area (Å²) in [5, 5.41) is 0. The number of epoxide rings is 1. The Morgan fingerprint density at radius 1 is 0.735 bits per heavy atom. The number of allylic oxidation sites excluding steroid dienone is 9. The summed E-state index contributed by atoms with van der Waals surface area (Å²) in [5.74, 6) is -0.199. The van der Waals surface area contributed by atoms with Gasteiger partial charge in [-0.05, 0) is 113 Å². The lowest BCUT2D eigenvalue weighted by Gasteiger charge is -2.05. The Labute approximate surface area is 210 Å². The fourth-order valence-electron chi connectivity index (χ4n) is 4.02. The Balaban J connectivity index is 2.29. The fourth-order valence-corrected chi connectivity index (χ4v) is 4.02. The summed E-state index contributed by atoms with van der Waals surface area (Å²) in [4.78, 5) is 12.0. The summed E-state index contributed by atoms with van der Waals surface area (Å²) in [5.41, 5.74) is 6.53. The zero-order chi connectivity index (χ0) is 25.6. The van der Waals surface area contributed by atoms with Crippen LogP contribution in [0.15, 0.2) is 58.2 Å². The van der Waals surface area contributed by atoms with Gasteiger partial charge in [-0.2, -0.15) is 0 Å². The van der Waals surface area contributed by atoms with Crippen LogP contribution in [0.5, 0.6) is 0 Å². The van der Waals surface area contributed by atoms with Crippen LogP contribution >= 0.6 is 0 Å². The monoisotopic (exact) mass is 470 g/mol. The first-order valence-corrected chi connectivity index (χ1v) is 13.1. The Morgan fingerprint density at radius 3 is 1.71 bits per heavy atom. The molecule has 1 fully saturated rings. The van der Waals surface area contributed by atoms with Crippen LogP contribution in [-0.4, -0.2) is 24.8 Å². The normalized spacial score (nSPS) is 18.6. The maximum Gasteiger partial charge on any atom is 0.333 e. The van der Waals surface area contributed by atoms with E-state index in [0.717, 1.165) is 69.8 Å². The van der Waals surface area contributed by atoms with Crippen molar-refractivity contribution in [1.82, 2.24) is 0 Å². The van der Waals surface area contributed by atoms with Gasteiger partial charge in [-0.1, -0.05) is 52.7 Å². The maximum absolute atomic E-state index is 12.0. The van der Waals surface area contributed by atoms with Crippen molar-refractivity contribution in [3.63, 3.8) is 0 Å². The lowest BCUT2D eigenvalue weighted by atomic mass is 10.0. The second kappa shape index (κ2) is 15.9. The Kier molecular flexibility index (Phi) is 14.1. The third kappa shape index (κ3) is 13.7. The van der Waals surface area contributed by atoms with Crippen molar-refractivity contribution in [3.05, 3.63) is 58.2 Å². The van der Waals surface area contributed by atoms with Crippen molar-refractivity contribution in [2.45, 2.75) is 124 Å². The number of esters is 1. The van der Waals surface area contributed by atoms with Gasteiger partial charge >= 0.3 is 5.97 Å². The maximum atomic E-state index is 12.0. The van der Waals surface area contributed by atoms with Gasteiger partial charge in [0.25, 0.3) is 0 Å². The minimum atomic E-state index is -0.199. The minimum Gasteiger partial charge on any atom is -0.466 e. The summed E-state index contributed by atoms with van der Waals surface area (Å²) < 4.78 is 10.6. The van der Waals surface area contributed by atoms with Gasteiger partial charge in [0.1, 0.15) is 0 Å². The largest absolute Gasteiger partial charge is 0.466 e. The highest BCUT2D eigenvalue weighted by atomic mass is 16.6. The topological polar surface area (TPSA) is 38.8 Å². The molecular weight excluding hydrogens is 420 g/mol. The standard InChI is InChI=1S/C31H50O3/c1-24(2)14-11-20-28(30(32)33-8)21-13-19-26(4)16-10-9-15-25(3)17-12-18-27(5)22-23-29-31(6,7)34-29/h14-16,18,21,29H,9-13,17,19-20,22-23H2,1-8H3/b25-15+,26-16+,27-18+,28-21-. The van der Waals surface area contributed by atoms with Gasteiger partial charge in [0.15, 0.2) is 0 Å². The zero-order valence-corrected chi connectivity index (χ0v) is 23.3. The van der Waals surface area contributed by atoms with Gasteiger partial charge in [0, 0.05) is 5.57 Å². The van der Waals surface area contributed by atoms with Crippen LogP contribution < -0.4 is 0 Å². The molecule has 0 saturated carbocycles. The van der Waals surface area contributed by atoms with Crippen LogP contribution in [-0.2, 0) is 14.3 Å². The molecule has 192 valence electrons. The smallest absolute Gasteiger partial charge is 0.333 e. The number of hydrogen-bond donors (Lipinski definition) is 0. The molecule has 3 nitrogen and oxygen atoms in total. The Morgan fingerprint density at radius 2 is 1.21 bits per heavy atom. The van der Waals surface area contributed by atoms with E-state index in [1.165, 1.54) is 29.4 Å². The van der Waals surface area contributed by atoms with Crippen molar-refractivity contribution in [2.75, 3.05) is 7.11 Å². The van der Waals surface area contributed by atoms with Gasteiger partial charge in [0.2, 0.25) is 0 Å². The predicted molar refractivity (Wildman–Crippen MR) is 146 cm³/mol. The average Bonchev–Trinajstić information content (AvgIpc) is 3.39. The van der Waals surface area contributed by atoms with E-state index >= 15 is 0 Å². The Bertz CT molecular complexity index is 785. The van der Waals surface area contributed by atoms with Crippen LogP contribution in [0.1, 0.15) is 113 Å². The van der Waals surface area contributed by atoms with E-state index in [0.29, 0.717) is 6.10 Å². The number of ether oxygens (including phenoxy) is 2. The molecule has 0 spiro atoms. The number of unbranched alkanes of at least 4 members (excludes halogenated alkanes) is 1. The lowest BCUT2D eigenvalue weighted by molar-refractivity contribution is -0.136. The first-order valence-electron chi connectivity index (χ1n) is 13.1. The predicted octanol–water partition coefficient (Wildman–Crippen LogP) is 8.97. The highest BCUT2D eigenvalue weighted by molar-refractivity contribution is 5.88. The summed E-state index contributed by atoms with van der Waals surface area (Å²) in [6.45, 7) is 15.2. The molecule has 1 aliphatic rings. The van der Waals surface area contributed by atoms with Crippen LogP contribution in [0.4, 0.5) is 0 Å². The van der Waals surface area contributed by atoms with Gasteiger partial charge in [-0.15, -0.1) is 0 Å². The third-order valence-electron chi connectivity index (χ3n) is 6.49. The number of hydrogen-bond acceptors (Lipinski definition) is 3. The molecule has 0 aromatic heterocycles. The van der Waals surface area contributed by atoms with Gasteiger partial charge < -0.3 is 9.47 Å². The molecule has 1 aliphatic heterocycles. The van der Waals surface area contributed by atoms with E-state index in [1.807, 2.05) is 0 Å². The molecule has 0 aromatic rings. The molecule has 34 heavy (non-hydrogen) atoms. The van der Waals surface area contributed by atoms with E-state index in [9.17, 15) is 4.79 Å². The van der Waals surface area contributed by atoms with E-state index in [2.05, 4.69) is 78.8 Å². The molecule has 1 saturated heterocycles. The van der Waals surface area contributed by atoms with Gasteiger partial charge in [0.05, 0.1) is 18.8 Å². The number of carbonyl (C=O) groups excluding carboxylic acids is 1. The van der Waals surface area contributed by atoms with Crippen LogP contribution in [0, 0.1) is 0 Å². The van der Waals surface area contributed by atoms with E-state index < -0.39 is 0 Å². The highest BCUT2D eigenvalue weighted by Crippen LogP contribution is 2.38. The summed E-state index contributed by atoms with van der Waals surface area (Å²) in [6.07, 6.45) is 22.0. The van der Waals surface area contributed by atoms with Gasteiger partial charge in [-0.3, -0.25) is 0 Å². The average molecular weight is 471 g/mol. The lowest BCUT2D eigenvalue weighted by Crippen LogP contribution is -2.04. The molecule has 1 heterocycles. The Hall–Kier alpha value is -1.87. The first kappa shape index (κ1) is 30.2. The number of rotatable bonds is 16. The molecular formula is C31H50O3. The van der Waals surface area contributed by atoms with Crippen LogP contribution in [0.25, 0.3) is 0 Å². The van der Waals surface area contributed by atoms with E-state index in [1.54, 1.807) is 0 Å². The fraction of sp³-hybridized carbons (Fsp3) is 0.645. The van der Waals surface area contributed by atoms with Gasteiger partial charge in [-0.25, -0.2) is 4.79 Å². The third-order valence-corrected chi connectivity index (χ3v) is 6.49. The second-order valence-electron chi connectivity index (χ2n) is 10.6. The van der Waals surface area contributed by atoms with Crippen LogP contribution in [0.2, 0.25) is 0 Å².